The summed E-state index contributed by atoms with van der Waals surface area (Å²) in [5, 5.41) is 6.45. The van der Waals surface area contributed by atoms with E-state index in [0.717, 1.165) is 32.5 Å². The normalized spacial score (nSPS) is 17.9. The van der Waals surface area contributed by atoms with Crippen LogP contribution in [0.2, 0.25) is 0 Å². The summed E-state index contributed by atoms with van der Waals surface area (Å²) >= 11 is 0. The standard InChI is InChI=1S/C12H25N3O/c1-4-7-13-11-5-8-15(9-6-11)12(16)14-10(2)3/h10-11,13H,4-9H2,1-3H3,(H,14,16). The summed E-state index contributed by atoms with van der Waals surface area (Å²) in [4.78, 5) is 13.6. The fraction of sp³-hybridized carbons (Fsp3) is 0.917. The summed E-state index contributed by atoms with van der Waals surface area (Å²) in [6.45, 7) is 9.00. The molecule has 0 aliphatic carbocycles. The summed E-state index contributed by atoms with van der Waals surface area (Å²) in [6, 6.07) is 0.912. The molecule has 0 aromatic rings. The van der Waals surface area contributed by atoms with Crippen molar-refractivity contribution in [1.29, 1.82) is 0 Å². The van der Waals surface area contributed by atoms with Crippen molar-refractivity contribution in [3.8, 4) is 0 Å². The van der Waals surface area contributed by atoms with Crippen LogP contribution in [0.4, 0.5) is 4.79 Å². The van der Waals surface area contributed by atoms with Crippen molar-refractivity contribution in [2.45, 2.75) is 52.1 Å². The van der Waals surface area contributed by atoms with Crippen molar-refractivity contribution in [2.75, 3.05) is 19.6 Å². The maximum absolute atomic E-state index is 11.7. The number of piperidine rings is 1. The predicted octanol–water partition coefficient (Wildman–Crippen LogP) is 1.57. The lowest BCUT2D eigenvalue weighted by atomic mass is 10.1. The highest BCUT2D eigenvalue weighted by atomic mass is 16.2. The minimum atomic E-state index is 0.0870. The Bertz CT molecular complexity index is 210. The molecular weight excluding hydrogens is 202 g/mol. The minimum absolute atomic E-state index is 0.0870. The van der Waals surface area contributed by atoms with Crippen LogP contribution in [0.15, 0.2) is 0 Å². The van der Waals surface area contributed by atoms with Crippen LogP contribution >= 0.6 is 0 Å². The number of amides is 2. The Labute approximate surface area is 98.8 Å². The molecule has 0 spiro atoms. The number of hydrogen-bond donors (Lipinski definition) is 2. The monoisotopic (exact) mass is 227 g/mol. The van der Waals surface area contributed by atoms with E-state index >= 15 is 0 Å². The first-order valence-corrected chi connectivity index (χ1v) is 6.42. The first-order valence-electron chi connectivity index (χ1n) is 6.42. The van der Waals surface area contributed by atoms with Crippen LogP contribution in [0.25, 0.3) is 0 Å². The second-order valence-corrected chi connectivity index (χ2v) is 4.82. The summed E-state index contributed by atoms with van der Waals surface area (Å²) in [5.41, 5.74) is 0. The number of rotatable bonds is 4. The number of hydrogen-bond acceptors (Lipinski definition) is 2. The smallest absolute Gasteiger partial charge is 0.317 e. The molecule has 4 nitrogen and oxygen atoms in total. The third-order valence-electron chi connectivity index (χ3n) is 2.88. The predicted molar refractivity (Wildman–Crippen MR) is 66.6 cm³/mol. The highest BCUT2D eigenvalue weighted by molar-refractivity contribution is 5.74. The van der Waals surface area contributed by atoms with E-state index in [1.54, 1.807) is 0 Å². The van der Waals surface area contributed by atoms with Crippen LogP contribution in [0.5, 0.6) is 0 Å². The van der Waals surface area contributed by atoms with Crippen LogP contribution in [-0.2, 0) is 0 Å². The Hall–Kier alpha value is -0.770. The van der Waals surface area contributed by atoms with Gasteiger partial charge in [-0.1, -0.05) is 6.92 Å². The van der Waals surface area contributed by atoms with Gasteiger partial charge in [0.1, 0.15) is 0 Å². The quantitative estimate of drug-likeness (QED) is 0.765. The van der Waals surface area contributed by atoms with Gasteiger partial charge in [-0.2, -0.15) is 0 Å². The Kier molecular flexibility index (Phi) is 5.60. The van der Waals surface area contributed by atoms with Crippen molar-refractivity contribution < 1.29 is 4.79 Å². The molecule has 0 aromatic heterocycles. The maximum Gasteiger partial charge on any atom is 0.317 e. The minimum Gasteiger partial charge on any atom is -0.336 e. The molecule has 0 aromatic carbocycles. The summed E-state index contributed by atoms with van der Waals surface area (Å²) in [6.07, 6.45) is 3.32. The molecule has 0 atom stereocenters. The third-order valence-corrected chi connectivity index (χ3v) is 2.88. The molecule has 16 heavy (non-hydrogen) atoms. The van der Waals surface area contributed by atoms with E-state index in [-0.39, 0.29) is 12.1 Å². The summed E-state index contributed by atoms with van der Waals surface area (Å²) < 4.78 is 0. The molecule has 2 N–H and O–H groups in total. The molecule has 2 amide bonds. The highest BCUT2D eigenvalue weighted by Crippen LogP contribution is 2.10. The molecule has 0 saturated carbocycles. The van der Waals surface area contributed by atoms with Gasteiger partial charge in [0.05, 0.1) is 0 Å². The van der Waals surface area contributed by atoms with E-state index in [9.17, 15) is 4.79 Å². The molecule has 1 saturated heterocycles. The molecule has 0 unspecified atom stereocenters. The number of carbonyl (C=O) groups excluding carboxylic acids is 1. The molecule has 1 fully saturated rings. The molecule has 1 rings (SSSR count). The van der Waals surface area contributed by atoms with Gasteiger partial charge in [-0.05, 0) is 39.7 Å². The van der Waals surface area contributed by atoms with Gasteiger partial charge in [-0.25, -0.2) is 4.79 Å². The fourth-order valence-corrected chi connectivity index (χ4v) is 1.97. The highest BCUT2D eigenvalue weighted by Gasteiger charge is 2.22. The number of nitrogens with zero attached hydrogens (tertiary/aromatic N) is 1. The Morgan fingerprint density at radius 1 is 1.38 bits per heavy atom. The van der Waals surface area contributed by atoms with Crippen LogP contribution < -0.4 is 10.6 Å². The second-order valence-electron chi connectivity index (χ2n) is 4.82. The van der Waals surface area contributed by atoms with Crippen LogP contribution in [-0.4, -0.2) is 42.6 Å². The molecular formula is C12H25N3O. The van der Waals surface area contributed by atoms with E-state index in [2.05, 4.69) is 17.6 Å². The largest absolute Gasteiger partial charge is 0.336 e. The van der Waals surface area contributed by atoms with E-state index < -0.39 is 0 Å². The summed E-state index contributed by atoms with van der Waals surface area (Å²) in [7, 11) is 0. The van der Waals surface area contributed by atoms with E-state index in [1.807, 2.05) is 18.7 Å². The maximum atomic E-state index is 11.7. The number of carbonyl (C=O) groups is 1. The van der Waals surface area contributed by atoms with Gasteiger partial charge in [-0.3, -0.25) is 0 Å². The van der Waals surface area contributed by atoms with Crippen LogP contribution in [0.1, 0.15) is 40.0 Å². The second kappa shape index (κ2) is 6.74. The number of urea groups is 1. The molecule has 0 radical (unpaired) electrons. The Balaban J connectivity index is 2.23. The van der Waals surface area contributed by atoms with Gasteiger partial charge in [0.2, 0.25) is 0 Å². The van der Waals surface area contributed by atoms with Gasteiger partial charge in [0.15, 0.2) is 0 Å². The lowest BCUT2D eigenvalue weighted by molar-refractivity contribution is 0.174. The van der Waals surface area contributed by atoms with Gasteiger partial charge in [-0.15, -0.1) is 0 Å². The van der Waals surface area contributed by atoms with Crippen molar-refractivity contribution in [2.24, 2.45) is 0 Å². The molecule has 0 bridgehead atoms. The zero-order valence-corrected chi connectivity index (χ0v) is 10.8. The third kappa shape index (κ3) is 4.39. The number of likely N-dealkylation sites (tertiary alicyclic amines) is 1. The first-order chi connectivity index (χ1) is 7.63. The van der Waals surface area contributed by atoms with Crippen LogP contribution in [0, 0.1) is 0 Å². The lowest BCUT2D eigenvalue weighted by Gasteiger charge is -2.33. The molecule has 1 aliphatic heterocycles. The van der Waals surface area contributed by atoms with E-state index in [4.69, 9.17) is 0 Å². The van der Waals surface area contributed by atoms with Crippen LogP contribution in [0.3, 0.4) is 0 Å². The molecule has 1 aliphatic rings. The van der Waals surface area contributed by atoms with Gasteiger partial charge in [0, 0.05) is 25.2 Å². The zero-order valence-electron chi connectivity index (χ0n) is 10.8. The average molecular weight is 227 g/mol. The van der Waals surface area contributed by atoms with Crippen molar-refractivity contribution >= 4 is 6.03 Å². The van der Waals surface area contributed by atoms with Gasteiger partial charge >= 0.3 is 6.03 Å². The Morgan fingerprint density at radius 3 is 2.50 bits per heavy atom. The van der Waals surface area contributed by atoms with Gasteiger partial charge in [0.25, 0.3) is 0 Å². The fourth-order valence-electron chi connectivity index (χ4n) is 1.97. The van der Waals surface area contributed by atoms with E-state index in [1.165, 1.54) is 6.42 Å². The van der Waals surface area contributed by atoms with Crippen molar-refractivity contribution in [3.63, 3.8) is 0 Å². The molecule has 4 heteroatoms. The van der Waals surface area contributed by atoms with E-state index in [0.29, 0.717) is 6.04 Å². The van der Waals surface area contributed by atoms with Crippen molar-refractivity contribution in [1.82, 2.24) is 15.5 Å². The zero-order chi connectivity index (χ0) is 12.0. The first kappa shape index (κ1) is 13.3. The Morgan fingerprint density at radius 2 is 2.00 bits per heavy atom. The average Bonchev–Trinajstić information content (AvgIpc) is 2.26. The van der Waals surface area contributed by atoms with Gasteiger partial charge < -0.3 is 15.5 Å². The lowest BCUT2D eigenvalue weighted by Crippen LogP contribution is -2.49. The number of nitrogens with one attached hydrogen (secondary N) is 2. The summed E-state index contributed by atoms with van der Waals surface area (Å²) in [5.74, 6) is 0. The molecule has 94 valence electrons. The molecule has 1 heterocycles. The topological polar surface area (TPSA) is 44.4 Å². The SMILES string of the molecule is CCCNC1CCN(C(=O)NC(C)C)CC1. The van der Waals surface area contributed by atoms with Crippen molar-refractivity contribution in [3.05, 3.63) is 0 Å².